The summed E-state index contributed by atoms with van der Waals surface area (Å²) in [5.74, 6) is 0.641. The predicted molar refractivity (Wildman–Crippen MR) is 136 cm³/mol. The molecule has 4 aromatic rings. The monoisotopic (exact) mass is 509 g/mol. The number of ether oxygens (including phenoxy) is 1. The molecule has 0 atom stereocenters. The fourth-order valence-corrected chi connectivity index (χ4v) is 6.74. The van der Waals surface area contributed by atoms with E-state index in [1.54, 1.807) is 48.8 Å². The van der Waals surface area contributed by atoms with E-state index in [1.807, 2.05) is 6.20 Å². The van der Waals surface area contributed by atoms with Crippen LogP contribution in [0, 0.1) is 5.92 Å². The second-order valence-electron chi connectivity index (χ2n) is 9.01. The maximum atomic E-state index is 13.5. The normalized spacial score (nSPS) is 18.6. The van der Waals surface area contributed by atoms with E-state index in [4.69, 9.17) is 4.74 Å². The maximum Gasteiger partial charge on any atom is 0.367 e. The van der Waals surface area contributed by atoms with E-state index in [0.29, 0.717) is 28.2 Å². The number of hydrogen-bond donors (Lipinski definition) is 0. The zero-order chi connectivity index (χ0) is 24.6. The molecule has 1 aliphatic rings. The van der Waals surface area contributed by atoms with E-state index in [9.17, 15) is 13.2 Å². The highest BCUT2D eigenvalue weighted by Crippen LogP contribution is 2.39. The van der Waals surface area contributed by atoms with E-state index in [2.05, 4.69) is 23.0 Å². The molecule has 0 N–H and O–H groups in total. The summed E-state index contributed by atoms with van der Waals surface area (Å²) in [6.07, 6.45) is 7.92. The van der Waals surface area contributed by atoms with Gasteiger partial charge in [-0.2, -0.15) is 0 Å². The minimum atomic E-state index is -3.88. The minimum absolute atomic E-state index is 0.182. The molecule has 9 heteroatoms. The van der Waals surface area contributed by atoms with Gasteiger partial charge in [-0.1, -0.05) is 38.0 Å². The highest BCUT2D eigenvalue weighted by Gasteiger charge is 2.26. The van der Waals surface area contributed by atoms with Gasteiger partial charge in [0.15, 0.2) is 5.65 Å². The molecule has 0 aliphatic heterocycles. The van der Waals surface area contributed by atoms with Crippen LogP contribution in [-0.4, -0.2) is 34.9 Å². The van der Waals surface area contributed by atoms with Gasteiger partial charge in [0.1, 0.15) is 0 Å². The zero-order valence-electron chi connectivity index (χ0n) is 19.7. The van der Waals surface area contributed by atoms with Crippen molar-refractivity contribution in [3.05, 3.63) is 64.7 Å². The van der Waals surface area contributed by atoms with Gasteiger partial charge in [-0.25, -0.2) is 27.2 Å². The Labute approximate surface area is 208 Å². The first-order chi connectivity index (χ1) is 16.9. The van der Waals surface area contributed by atoms with Crippen LogP contribution in [0.25, 0.3) is 22.3 Å². The molecular weight excluding hydrogens is 482 g/mol. The first-order valence-electron chi connectivity index (χ1n) is 11.8. The molecule has 0 amide bonds. The first kappa shape index (κ1) is 23.7. The van der Waals surface area contributed by atoms with Crippen LogP contribution < -0.4 is 0 Å². The molecule has 1 aromatic carbocycles. The zero-order valence-corrected chi connectivity index (χ0v) is 21.3. The van der Waals surface area contributed by atoms with E-state index in [-0.39, 0.29) is 16.5 Å². The second kappa shape index (κ2) is 9.54. The van der Waals surface area contributed by atoms with Gasteiger partial charge >= 0.3 is 5.97 Å². The summed E-state index contributed by atoms with van der Waals surface area (Å²) in [6, 6.07) is 10.4. The van der Waals surface area contributed by atoms with Crippen molar-refractivity contribution in [3.8, 4) is 11.3 Å². The quantitative estimate of drug-likeness (QED) is 0.302. The Balaban J connectivity index is 1.66. The fraction of sp³-hybridized carbons (Fsp3) is 0.346. The Bertz CT molecular complexity index is 1470. The maximum absolute atomic E-state index is 13.5. The van der Waals surface area contributed by atoms with Gasteiger partial charge in [0.05, 0.1) is 17.2 Å². The lowest BCUT2D eigenvalue weighted by atomic mass is 9.80. The summed E-state index contributed by atoms with van der Waals surface area (Å²) in [6.45, 7) is 4.29. The van der Waals surface area contributed by atoms with Crippen LogP contribution in [0.5, 0.6) is 0 Å². The van der Waals surface area contributed by atoms with Crippen LogP contribution in [0.4, 0.5) is 0 Å². The molecule has 0 radical (unpaired) electrons. The number of carbonyl (C=O) groups is 1. The Hall–Kier alpha value is -3.04. The lowest BCUT2D eigenvalue weighted by molar-refractivity contribution is 0.0526. The summed E-state index contributed by atoms with van der Waals surface area (Å²) in [5.41, 5.74) is 2.62. The van der Waals surface area contributed by atoms with Crippen LogP contribution in [0.1, 0.15) is 60.8 Å². The summed E-state index contributed by atoms with van der Waals surface area (Å²) in [7, 11) is -3.88. The number of pyridine rings is 1. The number of benzene rings is 1. The number of carbonyl (C=O) groups excluding carboxylic acids is 1. The summed E-state index contributed by atoms with van der Waals surface area (Å²) in [5, 5.41) is 2.70. The van der Waals surface area contributed by atoms with Gasteiger partial charge in [0.25, 0.3) is 10.0 Å². The molecule has 3 heterocycles. The molecule has 0 saturated heterocycles. The van der Waals surface area contributed by atoms with Crippen LogP contribution in [0.3, 0.4) is 0 Å². The lowest BCUT2D eigenvalue weighted by Gasteiger charge is -2.26. The molecule has 0 spiro atoms. The third-order valence-electron chi connectivity index (χ3n) is 6.65. The van der Waals surface area contributed by atoms with Crippen molar-refractivity contribution in [2.24, 2.45) is 5.92 Å². The number of rotatable bonds is 6. The van der Waals surface area contributed by atoms with Gasteiger partial charge in [0, 0.05) is 28.7 Å². The molecule has 1 aliphatic carbocycles. The summed E-state index contributed by atoms with van der Waals surface area (Å²) >= 11 is 1.18. The number of fused-ring (bicyclic) bond motifs is 1. The number of thiazole rings is 1. The van der Waals surface area contributed by atoms with Crippen LogP contribution in [0.15, 0.2) is 59.1 Å². The second-order valence-corrected chi connectivity index (χ2v) is 11.7. The van der Waals surface area contributed by atoms with Crippen molar-refractivity contribution in [1.82, 2.24) is 13.9 Å². The Morgan fingerprint density at radius 3 is 2.63 bits per heavy atom. The standard InChI is InChI=1S/C26H27N3O4S2/c1-3-33-26(30)25-28-23(16-34-25)22-15-29(35(31,32)20-7-5-4-6-8-20)24-21(22)13-19(14-27-24)18-11-9-17(2)10-12-18/h4-8,13-18H,3,9-12H2,1-2H3. The van der Waals surface area contributed by atoms with E-state index >= 15 is 0 Å². The van der Waals surface area contributed by atoms with Crippen molar-refractivity contribution in [2.45, 2.75) is 50.3 Å². The predicted octanol–water partition coefficient (Wildman–Crippen LogP) is 5.87. The largest absolute Gasteiger partial charge is 0.461 e. The molecule has 1 saturated carbocycles. The average Bonchev–Trinajstić information content (AvgIpc) is 3.50. The Morgan fingerprint density at radius 2 is 1.91 bits per heavy atom. The smallest absolute Gasteiger partial charge is 0.367 e. The van der Waals surface area contributed by atoms with Crippen molar-refractivity contribution < 1.29 is 17.9 Å². The van der Waals surface area contributed by atoms with E-state index < -0.39 is 16.0 Å². The fourth-order valence-electron chi connectivity index (χ4n) is 4.69. The molecule has 182 valence electrons. The summed E-state index contributed by atoms with van der Waals surface area (Å²) < 4.78 is 33.4. The van der Waals surface area contributed by atoms with Gasteiger partial charge in [-0.05, 0) is 55.4 Å². The molecule has 0 unspecified atom stereocenters. The average molecular weight is 510 g/mol. The number of nitrogens with zero attached hydrogens (tertiary/aromatic N) is 3. The molecule has 5 rings (SSSR count). The molecule has 0 bridgehead atoms. The first-order valence-corrected chi connectivity index (χ1v) is 14.1. The molecule has 3 aromatic heterocycles. The highest BCUT2D eigenvalue weighted by atomic mass is 32.2. The van der Waals surface area contributed by atoms with Gasteiger partial charge in [-0.3, -0.25) is 0 Å². The Kier molecular flexibility index (Phi) is 6.46. The third kappa shape index (κ3) is 4.50. The van der Waals surface area contributed by atoms with Crippen LogP contribution in [0.2, 0.25) is 0 Å². The van der Waals surface area contributed by atoms with Crippen molar-refractivity contribution >= 4 is 38.4 Å². The number of aromatic nitrogens is 3. The van der Waals surface area contributed by atoms with Crippen LogP contribution in [-0.2, 0) is 14.8 Å². The molecular formula is C26H27N3O4S2. The highest BCUT2D eigenvalue weighted by molar-refractivity contribution is 7.90. The van der Waals surface area contributed by atoms with Crippen molar-refractivity contribution in [2.75, 3.05) is 6.61 Å². The lowest BCUT2D eigenvalue weighted by Crippen LogP contribution is -2.13. The molecule has 7 nitrogen and oxygen atoms in total. The van der Waals surface area contributed by atoms with Gasteiger partial charge in [0.2, 0.25) is 5.01 Å². The van der Waals surface area contributed by atoms with E-state index in [1.165, 1.54) is 28.2 Å². The van der Waals surface area contributed by atoms with Gasteiger partial charge in [-0.15, -0.1) is 11.3 Å². The van der Waals surface area contributed by atoms with Crippen LogP contribution >= 0.6 is 11.3 Å². The van der Waals surface area contributed by atoms with Gasteiger partial charge < -0.3 is 4.74 Å². The van der Waals surface area contributed by atoms with Crippen molar-refractivity contribution in [1.29, 1.82) is 0 Å². The topological polar surface area (TPSA) is 91.1 Å². The third-order valence-corrected chi connectivity index (χ3v) is 9.14. The Morgan fingerprint density at radius 1 is 1.17 bits per heavy atom. The summed E-state index contributed by atoms with van der Waals surface area (Å²) in [4.78, 5) is 21.5. The van der Waals surface area contributed by atoms with E-state index in [0.717, 1.165) is 24.3 Å². The molecule has 1 fully saturated rings. The minimum Gasteiger partial charge on any atom is -0.461 e. The number of esters is 1. The SMILES string of the molecule is CCOC(=O)c1nc(-c2cn(S(=O)(=O)c3ccccc3)c3ncc(C4CCC(C)CC4)cc23)cs1. The molecule has 35 heavy (non-hydrogen) atoms. The van der Waals surface area contributed by atoms with Crippen molar-refractivity contribution in [3.63, 3.8) is 0 Å². The number of hydrogen-bond acceptors (Lipinski definition) is 7.